The van der Waals surface area contributed by atoms with Crippen LogP contribution in [-0.2, 0) is 21.6 Å². The highest BCUT2D eigenvalue weighted by atomic mass is 16.5. The lowest BCUT2D eigenvalue weighted by Crippen LogP contribution is -2.23. The van der Waals surface area contributed by atoms with E-state index >= 15 is 0 Å². The molecule has 1 aromatic heterocycles. The molecule has 0 fully saturated rings. The lowest BCUT2D eigenvalue weighted by Gasteiger charge is -2.22. The fourth-order valence-corrected chi connectivity index (χ4v) is 2.02. The van der Waals surface area contributed by atoms with Crippen molar-refractivity contribution >= 4 is 5.97 Å². The Morgan fingerprint density at radius 3 is 2.65 bits per heavy atom. The molecular formula is C15H18N2O3. The van der Waals surface area contributed by atoms with Crippen LogP contribution < -0.4 is 0 Å². The number of benzene rings is 1. The Balaban J connectivity index is 2.10. The average molecular weight is 274 g/mol. The van der Waals surface area contributed by atoms with Crippen LogP contribution in [-0.4, -0.2) is 28.2 Å². The molecule has 1 aromatic carbocycles. The van der Waals surface area contributed by atoms with Crippen molar-refractivity contribution in [3.8, 4) is 0 Å². The number of carbonyl (C=O) groups is 1. The smallest absolute Gasteiger partial charge is 0.305 e. The zero-order valence-electron chi connectivity index (χ0n) is 11.6. The van der Waals surface area contributed by atoms with Gasteiger partial charge in [0.15, 0.2) is 0 Å². The van der Waals surface area contributed by atoms with Gasteiger partial charge in [-0.25, -0.2) is 4.98 Å². The minimum atomic E-state index is -1.11. The zero-order chi connectivity index (χ0) is 14.6. The maximum atomic E-state index is 11.1. The first-order valence-electron chi connectivity index (χ1n) is 6.41. The summed E-state index contributed by atoms with van der Waals surface area (Å²) in [4.78, 5) is 17.9. The number of esters is 1. The SMILES string of the molecule is COC(=O)CCc1ccc(C(C)(O)c2cnc[nH]2)cc1. The first-order valence-corrected chi connectivity index (χ1v) is 6.41. The molecule has 0 saturated heterocycles. The first kappa shape index (κ1) is 14.3. The Labute approximate surface area is 117 Å². The second-order valence-corrected chi connectivity index (χ2v) is 4.81. The highest BCUT2D eigenvalue weighted by molar-refractivity contribution is 5.69. The second kappa shape index (κ2) is 5.88. The number of hydrogen-bond donors (Lipinski definition) is 2. The summed E-state index contributed by atoms with van der Waals surface area (Å²) in [6.07, 6.45) is 4.12. The Hall–Kier alpha value is -2.14. The Kier molecular flexibility index (Phi) is 4.20. The molecule has 1 atom stereocenters. The lowest BCUT2D eigenvalue weighted by molar-refractivity contribution is -0.140. The van der Waals surface area contributed by atoms with Crippen molar-refractivity contribution < 1.29 is 14.6 Å². The molecule has 5 heteroatoms. The van der Waals surface area contributed by atoms with E-state index in [1.807, 2.05) is 24.3 Å². The number of aliphatic hydroxyl groups is 1. The minimum Gasteiger partial charge on any atom is -0.469 e. The Morgan fingerprint density at radius 1 is 1.40 bits per heavy atom. The van der Waals surface area contributed by atoms with Gasteiger partial charge >= 0.3 is 5.97 Å². The van der Waals surface area contributed by atoms with E-state index in [4.69, 9.17) is 0 Å². The van der Waals surface area contributed by atoms with Gasteiger partial charge in [0.2, 0.25) is 0 Å². The standard InChI is InChI=1S/C15H18N2O3/c1-15(19,13-9-16-10-17-13)12-6-3-11(4-7-12)5-8-14(18)20-2/h3-4,6-7,9-10,19H,5,8H2,1-2H3,(H,16,17). The second-order valence-electron chi connectivity index (χ2n) is 4.81. The number of carbonyl (C=O) groups excluding carboxylic acids is 1. The molecule has 1 heterocycles. The van der Waals surface area contributed by atoms with Crippen LogP contribution in [0.25, 0.3) is 0 Å². The number of H-pyrrole nitrogens is 1. The Morgan fingerprint density at radius 2 is 2.10 bits per heavy atom. The summed E-state index contributed by atoms with van der Waals surface area (Å²) in [6.45, 7) is 1.71. The number of methoxy groups -OCH3 is 1. The summed E-state index contributed by atoms with van der Waals surface area (Å²) < 4.78 is 4.61. The molecular weight excluding hydrogens is 256 g/mol. The van der Waals surface area contributed by atoms with Crippen molar-refractivity contribution in [2.45, 2.75) is 25.4 Å². The van der Waals surface area contributed by atoms with E-state index < -0.39 is 5.60 Å². The van der Waals surface area contributed by atoms with Gasteiger partial charge in [0.25, 0.3) is 0 Å². The third-order valence-corrected chi connectivity index (χ3v) is 3.38. The molecule has 0 aliphatic carbocycles. The normalized spacial score (nSPS) is 13.8. The van der Waals surface area contributed by atoms with Gasteiger partial charge in [-0.1, -0.05) is 24.3 Å². The number of nitrogens with zero attached hydrogens (tertiary/aromatic N) is 1. The third kappa shape index (κ3) is 3.05. The average Bonchev–Trinajstić information content (AvgIpc) is 3.00. The number of ether oxygens (including phenoxy) is 1. The summed E-state index contributed by atoms with van der Waals surface area (Å²) in [5, 5.41) is 10.5. The van der Waals surface area contributed by atoms with Crippen LogP contribution in [0.1, 0.15) is 30.2 Å². The van der Waals surface area contributed by atoms with Crippen LogP contribution in [0, 0.1) is 0 Å². The highest BCUT2D eigenvalue weighted by Crippen LogP contribution is 2.27. The molecule has 2 aromatic rings. The molecule has 2 rings (SSSR count). The first-order chi connectivity index (χ1) is 9.54. The van der Waals surface area contributed by atoms with E-state index in [1.165, 1.54) is 13.4 Å². The molecule has 0 spiro atoms. The van der Waals surface area contributed by atoms with Crippen LogP contribution in [0.2, 0.25) is 0 Å². The summed E-state index contributed by atoms with van der Waals surface area (Å²) in [7, 11) is 1.38. The van der Waals surface area contributed by atoms with Crippen molar-refractivity contribution in [1.29, 1.82) is 0 Å². The molecule has 0 aliphatic rings. The van der Waals surface area contributed by atoms with Gasteiger partial charge in [0.1, 0.15) is 5.60 Å². The van der Waals surface area contributed by atoms with E-state index in [-0.39, 0.29) is 5.97 Å². The van der Waals surface area contributed by atoms with E-state index in [0.717, 1.165) is 11.1 Å². The fourth-order valence-electron chi connectivity index (χ4n) is 2.02. The van der Waals surface area contributed by atoms with Crippen LogP contribution in [0.5, 0.6) is 0 Å². The molecule has 2 N–H and O–H groups in total. The molecule has 20 heavy (non-hydrogen) atoms. The van der Waals surface area contributed by atoms with Gasteiger partial charge in [-0.2, -0.15) is 0 Å². The number of hydrogen-bond acceptors (Lipinski definition) is 4. The molecule has 0 aliphatic heterocycles. The van der Waals surface area contributed by atoms with Gasteiger partial charge in [-0.3, -0.25) is 4.79 Å². The summed E-state index contributed by atoms with van der Waals surface area (Å²) in [5.74, 6) is -0.224. The predicted molar refractivity (Wildman–Crippen MR) is 74.0 cm³/mol. The molecule has 1 unspecified atom stereocenters. The molecule has 0 saturated carbocycles. The van der Waals surface area contributed by atoms with Crippen molar-refractivity contribution in [3.63, 3.8) is 0 Å². The molecule has 0 radical (unpaired) electrons. The number of aryl methyl sites for hydroxylation is 1. The van der Waals surface area contributed by atoms with Gasteiger partial charge in [0.05, 0.1) is 25.3 Å². The third-order valence-electron chi connectivity index (χ3n) is 3.38. The van der Waals surface area contributed by atoms with Crippen LogP contribution in [0.15, 0.2) is 36.8 Å². The molecule has 5 nitrogen and oxygen atoms in total. The number of nitrogens with one attached hydrogen (secondary N) is 1. The van der Waals surface area contributed by atoms with E-state index in [1.54, 1.807) is 13.1 Å². The summed E-state index contributed by atoms with van der Waals surface area (Å²) in [6, 6.07) is 7.52. The van der Waals surface area contributed by atoms with Crippen molar-refractivity contribution in [3.05, 3.63) is 53.6 Å². The van der Waals surface area contributed by atoms with Crippen molar-refractivity contribution in [1.82, 2.24) is 9.97 Å². The fraction of sp³-hybridized carbons (Fsp3) is 0.333. The molecule has 106 valence electrons. The number of aromatic nitrogens is 2. The molecule has 0 amide bonds. The number of rotatable bonds is 5. The van der Waals surface area contributed by atoms with Gasteiger partial charge in [-0.05, 0) is 24.5 Å². The van der Waals surface area contributed by atoms with Crippen molar-refractivity contribution in [2.75, 3.05) is 7.11 Å². The van der Waals surface area contributed by atoms with Gasteiger partial charge in [0, 0.05) is 6.42 Å². The summed E-state index contributed by atoms with van der Waals surface area (Å²) >= 11 is 0. The number of aromatic amines is 1. The number of imidazole rings is 1. The zero-order valence-corrected chi connectivity index (χ0v) is 11.6. The predicted octanol–water partition coefficient (Wildman–Crippen LogP) is 1.77. The maximum Gasteiger partial charge on any atom is 0.305 e. The minimum absolute atomic E-state index is 0.224. The highest BCUT2D eigenvalue weighted by Gasteiger charge is 2.26. The van der Waals surface area contributed by atoms with E-state index in [0.29, 0.717) is 18.5 Å². The maximum absolute atomic E-state index is 11.1. The quantitative estimate of drug-likeness (QED) is 0.815. The Bertz CT molecular complexity index is 559. The monoisotopic (exact) mass is 274 g/mol. The lowest BCUT2D eigenvalue weighted by atomic mass is 9.92. The van der Waals surface area contributed by atoms with Crippen LogP contribution in [0.4, 0.5) is 0 Å². The van der Waals surface area contributed by atoms with Crippen molar-refractivity contribution in [2.24, 2.45) is 0 Å². The van der Waals surface area contributed by atoms with E-state index in [9.17, 15) is 9.90 Å². The van der Waals surface area contributed by atoms with Gasteiger partial charge in [-0.15, -0.1) is 0 Å². The summed E-state index contributed by atoms with van der Waals surface area (Å²) in [5.41, 5.74) is 1.32. The van der Waals surface area contributed by atoms with E-state index in [2.05, 4.69) is 14.7 Å². The topological polar surface area (TPSA) is 75.2 Å². The van der Waals surface area contributed by atoms with Crippen LogP contribution in [0.3, 0.4) is 0 Å². The molecule has 0 bridgehead atoms. The van der Waals surface area contributed by atoms with Crippen LogP contribution >= 0.6 is 0 Å². The largest absolute Gasteiger partial charge is 0.469 e. The van der Waals surface area contributed by atoms with Gasteiger partial charge < -0.3 is 14.8 Å².